The van der Waals surface area contributed by atoms with Crippen LogP contribution in [0.2, 0.25) is 0 Å². The van der Waals surface area contributed by atoms with Gasteiger partial charge in [0, 0.05) is 33.4 Å². The van der Waals surface area contributed by atoms with Crippen LogP contribution < -0.4 is 0 Å². The molecule has 0 radical (unpaired) electrons. The summed E-state index contributed by atoms with van der Waals surface area (Å²) in [6.45, 7) is 8.24. The summed E-state index contributed by atoms with van der Waals surface area (Å²) in [7, 11) is 1.71. The Kier molecular flexibility index (Phi) is 7.21. The van der Waals surface area contributed by atoms with E-state index in [-0.39, 0.29) is 12.1 Å². The molecule has 5 heteroatoms. The number of carbonyl (C=O) groups excluding carboxylic acids is 1. The molecule has 134 valence electrons. The number of likely N-dealkylation sites (tertiary alicyclic amines) is 1. The monoisotopic (exact) mass is 335 g/mol. The zero-order chi connectivity index (χ0) is 17.4. The summed E-state index contributed by atoms with van der Waals surface area (Å²) >= 11 is 0. The van der Waals surface area contributed by atoms with Gasteiger partial charge in [0.25, 0.3) is 0 Å². The third-order valence-electron chi connectivity index (χ3n) is 4.90. The second-order valence-corrected chi connectivity index (χ2v) is 6.22. The second-order valence-electron chi connectivity index (χ2n) is 6.22. The Morgan fingerprint density at radius 3 is 2.50 bits per heavy atom. The molecule has 1 aliphatic heterocycles. The number of nitrogens with zero attached hydrogens (tertiary/aromatic N) is 1. The fraction of sp³-hybridized carbons (Fsp3) is 0.632. The highest BCUT2D eigenvalue weighted by atomic mass is 16.6. The molecule has 1 saturated heterocycles. The number of carbonyl (C=O) groups is 1. The van der Waals surface area contributed by atoms with Gasteiger partial charge in [0.05, 0.1) is 12.2 Å². The summed E-state index contributed by atoms with van der Waals surface area (Å²) in [5.74, 6) is -0.293. The van der Waals surface area contributed by atoms with Crippen LogP contribution in [0.15, 0.2) is 30.3 Å². The van der Waals surface area contributed by atoms with Crippen LogP contribution in [0.5, 0.6) is 0 Å². The molecule has 1 atom stereocenters. The maximum atomic E-state index is 12.3. The maximum Gasteiger partial charge on any atom is 0.338 e. The number of ether oxygens (including phenoxy) is 3. The van der Waals surface area contributed by atoms with E-state index in [0.29, 0.717) is 5.56 Å². The van der Waals surface area contributed by atoms with Crippen molar-refractivity contribution in [2.24, 2.45) is 0 Å². The molecule has 1 aliphatic rings. The number of rotatable bonds is 8. The van der Waals surface area contributed by atoms with E-state index in [1.165, 1.54) is 0 Å². The predicted octanol–water partition coefficient (Wildman–Crippen LogP) is 2.75. The standard InChI is InChI=1S/C19H29NO4/c1-4-23-15-14-20-12-10-19(22-3,11-13-20)16(2)24-18(21)17-8-6-5-7-9-17/h5-9,16H,4,10-15H2,1-3H3. The van der Waals surface area contributed by atoms with E-state index >= 15 is 0 Å². The van der Waals surface area contributed by atoms with Gasteiger partial charge in [-0.15, -0.1) is 0 Å². The Balaban J connectivity index is 1.89. The summed E-state index contributed by atoms with van der Waals surface area (Å²) < 4.78 is 16.9. The van der Waals surface area contributed by atoms with E-state index < -0.39 is 5.60 Å². The lowest BCUT2D eigenvalue weighted by atomic mass is 9.86. The van der Waals surface area contributed by atoms with Gasteiger partial charge in [0.2, 0.25) is 0 Å². The maximum absolute atomic E-state index is 12.3. The molecule has 1 aromatic rings. The van der Waals surface area contributed by atoms with E-state index in [1.54, 1.807) is 19.2 Å². The van der Waals surface area contributed by atoms with Crippen LogP contribution in [0.4, 0.5) is 0 Å². The highest BCUT2D eigenvalue weighted by Crippen LogP contribution is 2.31. The molecule has 1 fully saturated rings. The molecular weight excluding hydrogens is 306 g/mol. The lowest BCUT2D eigenvalue weighted by Gasteiger charge is -2.43. The van der Waals surface area contributed by atoms with E-state index in [0.717, 1.165) is 45.7 Å². The molecule has 0 spiro atoms. The molecule has 0 aromatic heterocycles. The normalized spacial score (nSPS) is 19.0. The molecule has 0 aliphatic carbocycles. The van der Waals surface area contributed by atoms with Gasteiger partial charge in [-0.1, -0.05) is 18.2 Å². The molecule has 24 heavy (non-hydrogen) atoms. The van der Waals surface area contributed by atoms with Crippen molar-refractivity contribution in [3.8, 4) is 0 Å². The Bertz CT molecular complexity index is 497. The first-order valence-electron chi connectivity index (χ1n) is 8.72. The summed E-state index contributed by atoms with van der Waals surface area (Å²) in [6.07, 6.45) is 1.40. The molecule has 0 saturated carbocycles. The van der Waals surface area contributed by atoms with Gasteiger partial charge in [0.15, 0.2) is 0 Å². The highest BCUT2D eigenvalue weighted by Gasteiger charge is 2.41. The Hall–Kier alpha value is -1.43. The summed E-state index contributed by atoms with van der Waals surface area (Å²) in [4.78, 5) is 14.7. The van der Waals surface area contributed by atoms with Crippen LogP contribution in [-0.2, 0) is 14.2 Å². The summed E-state index contributed by atoms with van der Waals surface area (Å²) in [5, 5.41) is 0. The van der Waals surface area contributed by atoms with Gasteiger partial charge in [-0.25, -0.2) is 4.79 Å². The number of benzene rings is 1. The van der Waals surface area contributed by atoms with E-state index in [9.17, 15) is 4.79 Å². The van der Waals surface area contributed by atoms with Crippen LogP contribution >= 0.6 is 0 Å². The molecule has 1 unspecified atom stereocenters. The topological polar surface area (TPSA) is 48.0 Å². The fourth-order valence-corrected chi connectivity index (χ4v) is 3.18. The molecule has 1 heterocycles. The van der Waals surface area contributed by atoms with Crippen LogP contribution in [-0.4, -0.2) is 62.5 Å². The Labute approximate surface area is 144 Å². The molecule has 0 bridgehead atoms. The predicted molar refractivity (Wildman–Crippen MR) is 93.2 cm³/mol. The van der Waals surface area contributed by atoms with Crippen LogP contribution in [0, 0.1) is 0 Å². The van der Waals surface area contributed by atoms with Crippen LogP contribution in [0.1, 0.15) is 37.0 Å². The minimum atomic E-state index is -0.410. The first kappa shape index (κ1) is 18.9. The zero-order valence-electron chi connectivity index (χ0n) is 15.0. The van der Waals surface area contributed by atoms with Crippen molar-refractivity contribution in [1.82, 2.24) is 4.90 Å². The SMILES string of the molecule is CCOCCN1CCC(OC)(C(C)OC(=O)c2ccccc2)CC1. The van der Waals surface area contributed by atoms with Crippen molar-refractivity contribution >= 4 is 5.97 Å². The van der Waals surface area contributed by atoms with Crippen molar-refractivity contribution in [3.63, 3.8) is 0 Å². The first-order valence-corrected chi connectivity index (χ1v) is 8.72. The molecule has 2 rings (SSSR count). The lowest BCUT2D eigenvalue weighted by molar-refractivity contribution is -0.131. The summed E-state index contributed by atoms with van der Waals surface area (Å²) in [6, 6.07) is 9.10. The fourth-order valence-electron chi connectivity index (χ4n) is 3.18. The van der Waals surface area contributed by atoms with Gasteiger partial charge < -0.3 is 19.1 Å². The third-order valence-corrected chi connectivity index (χ3v) is 4.90. The van der Waals surface area contributed by atoms with Crippen LogP contribution in [0.3, 0.4) is 0 Å². The Morgan fingerprint density at radius 2 is 1.92 bits per heavy atom. The molecule has 0 N–H and O–H groups in total. The van der Waals surface area contributed by atoms with Gasteiger partial charge in [-0.2, -0.15) is 0 Å². The summed E-state index contributed by atoms with van der Waals surface area (Å²) in [5.41, 5.74) is 0.164. The van der Waals surface area contributed by atoms with E-state index in [1.807, 2.05) is 32.0 Å². The molecule has 1 aromatic carbocycles. The van der Waals surface area contributed by atoms with Gasteiger partial charge in [0.1, 0.15) is 11.7 Å². The average molecular weight is 335 g/mol. The average Bonchev–Trinajstić information content (AvgIpc) is 2.63. The quantitative estimate of drug-likeness (QED) is 0.540. The number of methoxy groups -OCH3 is 1. The largest absolute Gasteiger partial charge is 0.456 e. The molecule has 5 nitrogen and oxygen atoms in total. The van der Waals surface area contributed by atoms with E-state index in [2.05, 4.69) is 4.90 Å². The van der Waals surface area contributed by atoms with Crippen molar-refractivity contribution in [1.29, 1.82) is 0 Å². The van der Waals surface area contributed by atoms with Crippen molar-refractivity contribution in [2.45, 2.75) is 38.4 Å². The van der Waals surface area contributed by atoms with Crippen molar-refractivity contribution in [2.75, 3.05) is 40.0 Å². The van der Waals surface area contributed by atoms with E-state index in [4.69, 9.17) is 14.2 Å². The lowest BCUT2D eigenvalue weighted by Crippen LogP contribution is -2.53. The van der Waals surface area contributed by atoms with Crippen molar-refractivity contribution in [3.05, 3.63) is 35.9 Å². The Morgan fingerprint density at radius 1 is 1.25 bits per heavy atom. The second kappa shape index (κ2) is 9.16. The van der Waals surface area contributed by atoms with Gasteiger partial charge >= 0.3 is 5.97 Å². The molecule has 0 amide bonds. The number of piperidine rings is 1. The zero-order valence-corrected chi connectivity index (χ0v) is 15.0. The first-order chi connectivity index (χ1) is 11.6. The van der Waals surface area contributed by atoms with Gasteiger partial charge in [-0.05, 0) is 38.8 Å². The number of esters is 1. The number of hydrogen-bond donors (Lipinski definition) is 0. The number of hydrogen-bond acceptors (Lipinski definition) is 5. The highest BCUT2D eigenvalue weighted by molar-refractivity contribution is 5.89. The minimum absolute atomic E-state index is 0.288. The smallest absolute Gasteiger partial charge is 0.338 e. The minimum Gasteiger partial charge on any atom is -0.456 e. The van der Waals surface area contributed by atoms with Crippen molar-refractivity contribution < 1.29 is 19.0 Å². The third kappa shape index (κ3) is 4.79. The van der Waals surface area contributed by atoms with Crippen LogP contribution in [0.25, 0.3) is 0 Å². The van der Waals surface area contributed by atoms with Gasteiger partial charge in [-0.3, -0.25) is 0 Å². The molecular formula is C19H29NO4.